The normalized spacial score (nSPS) is 12.2. The molecule has 0 aliphatic carbocycles. The first-order valence-corrected chi connectivity index (χ1v) is 7.78. The number of halogens is 1. The lowest BCUT2D eigenvalue weighted by molar-refractivity contribution is 0.0698. The van der Waals surface area contributed by atoms with Crippen molar-refractivity contribution in [2.45, 2.75) is 18.6 Å². The summed E-state index contributed by atoms with van der Waals surface area (Å²) in [4.78, 5) is 11.1. The van der Waals surface area contributed by atoms with Gasteiger partial charge in [0.1, 0.15) is 5.56 Å². The van der Waals surface area contributed by atoms with Gasteiger partial charge in [-0.15, -0.1) is 0 Å². The Balaban J connectivity index is 3.03. The molecule has 0 saturated carbocycles. The molecule has 2 N–H and O–H groups in total. The van der Waals surface area contributed by atoms with Gasteiger partial charge in [-0.3, -0.25) is 0 Å². The van der Waals surface area contributed by atoms with Crippen LogP contribution in [-0.2, 0) is 9.84 Å². The van der Waals surface area contributed by atoms with Gasteiger partial charge in [0, 0.05) is 12.8 Å². The fraction of sp³-hybridized carbons (Fsp3) is 0.417. The molecule has 5 nitrogen and oxygen atoms in total. The number of hydrogen-bond acceptors (Lipinski definition) is 4. The van der Waals surface area contributed by atoms with Gasteiger partial charge in [0.25, 0.3) is 0 Å². The number of carbonyl (C=O) groups is 1. The molecule has 0 radical (unpaired) electrons. The summed E-state index contributed by atoms with van der Waals surface area (Å²) in [6.45, 7) is 3.23. The Morgan fingerprint density at radius 2 is 2.00 bits per heavy atom. The number of nitrogens with one attached hydrogen (secondary N) is 1. The lowest BCUT2D eigenvalue weighted by Gasteiger charge is -2.24. The van der Waals surface area contributed by atoms with Gasteiger partial charge >= 0.3 is 5.97 Å². The van der Waals surface area contributed by atoms with E-state index in [0.29, 0.717) is 5.69 Å². The van der Waals surface area contributed by atoms with Crippen LogP contribution in [0.25, 0.3) is 0 Å². The van der Waals surface area contributed by atoms with Crippen LogP contribution in [0.4, 0.5) is 5.69 Å². The highest BCUT2D eigenvalue weighted by Crippen LogP contribution is 2.25. The third-order valence-electron chi connectivity index (χ3n) is 2.94. The molecule has 106 valence electrons. The maximum atomic E-state index is 11.6. The number of aromatic carboxylic acids is 1. The van der Waals surface area contributed by atoms with Gasteiger partial charge in [0.15, 0.2) is 9.84 Å². The number of carboxylic acid groups (broad SMARTS) is 1. The summed E-state index contributed by atoms with van der Waals surface area (Å²) in [5.74, 6) is -1.16. The number of rotatable bonds is 5. The van der Waals surface area contributed by atoms with Gasteiger partial charge < -0.3 is 10.4 Å². The van der Waals surface area contributed by atoms with Crippen LogP contribution >= 0.6 is 11.6 Å². The summed E-state index contributed by atoms with van der Waals surface area (Å²) in [5, 5.41) is 12.0. The van der Waals surface area contributed by atoms with Crippen molar-refractivity contribution in [3.8, 4) is 0 Å². The average molecular weight is 306 g/mol. The average Bonchev–Trinajstić information content (AvgIpc) is 2.24. The van der Waals surface area contributed by atoms with Crippen LogP contribution in [-0.4, -0.2) is 37.0 Å². The summed E-state index contributed by atoms with van der Waals surface area (Å²) in [6.07, 6.45) is 1.14. The quantitative estimate of drug-likeness (QED) is 0.872. The molecule has 0 aromatic heterocycles. The third-order valence-corrected chi connectivity index (χ3v) is 5.40. The number of benzene rings is 1. The van der Waals surface area contributed by atoms with Crippen molar-refractivity contribution in [2.75, 3.05) is 18.1 Å². The van der Waals surface area contributed by atoms with Gasteiger partial charge in [-0.2, -0.15) is 0 Å². The van der Waals surface area contributed by atoms with E-state index in [1.165, 1.54) is 6.07 Å². The number of sulfone groups is 1. The molecule has 1 aromatic rings. The molecule has 19 heavy (non-hydrogen) atoms. The highest BCUT2D eigenvalue weighted by molar-refractivity contribution is 7.92. The number of hydrogen-bond donors (Lipinski definition) is 2. The SMILES string of the molecule is CC(C)(CNc1cccc(Cl)c1C(=O)O)S(C)(=O)=O. The summed E-state index contributed by atoms with van der Waals surface area (Å²) < 4.78 is 22.1. The second-order valence-corrected chi connectivity index (χ2v) is 7.91. The molecule has 0 bridgehead atoms. The van der Waals surface area contributed by atoms with Crippen LogP contribution in [0.5, 0.6) is 0 Å². The van der Waals surface area contributed by atoms with E-state index in [9.17, 15) is 13.2 Å². The monoisotopic (exact) mass is 305 g/mol. The highest BCUT2D eigenvalue weighted by atomic mass is 35.5. The Kier molecular flexibility index (Phi) is 4.47. The predicted molar refractivity (Wildman–Crippen MR) is 75.8 cm³/mol. The van der Waals surface area contributed by atoms with Crippen LogP contribution in [0.3, 0.4) is 0 Å². The Hall–Kier alpha value is -1.27. The minimum absolute atomic E-state index is 0.0616. The molecular weight excluding hydrogens is 290 g/mol. The second kappa shape index (κ2) is 5.38. The van der Waals surface area contributed by atoms with E-state index in [-0.39, 0.29) is 17.1 Å². The van der Waals surface area contributed by atoms with Crippen molar-refractivity contribution < 1.29 is 18.3 Å². The van der Waals surface area contributed by atoms with Crippen LogP contribution in [0.2, 0.25) is 5.02 Å². The van der Waals surface area contributed by atoms with E-state index < -0.39 is 20.6 Å². The zero-order valence-corrected chi connectivity index (χ0v) is 12.5. The maximum absolute atomic E-state index is 11.6. The van der Waals surface area contributed by atoms with Crippen molar-refractivity contribution in [1.82, 2.24) is 0 Å². The molecule has 1 rings (SSSR count). The van der Waals surface area contributed by atoms with Crippen molar-refractivity contribution >= 4 is 33.1 Å². The fourth-order valence-electron chi connectivity index (χ4n) is 1.33. The maximum Gasteiger partial charge on any atom is 0.339 e. The van der Waals surface area contributed by atoms with Gasteiger partial charge in [0.2, 0.25) is 0 Å². The van der Waals surface area contributed by atoms with Crippen molar-refractivity contribution in [1.29, 1.82) is 0 Å². The van der Waals surface area contributed by atoms with E-state index in [0.717, 1.165) is 6.26 Å². The van der Waals surface area contributed by atoms with Gasteiger partial charge in [-0.05, 0) is 26.0 Å². The van der Waals surface area contributed by atoms with Crippen LogP contribution < -0.4 is 5.32 Å². The molecule has 0 unspecified atom stereocenters. The van der Waals surface area contributed by atoms with Crippen LogP contribution in [0, 0.1) is 0 Å². The molecule has 1 aromatic carbocycles. The molecule has 0 aliphatic heterocycles. The fourth-order valence-corrected chi connectivity index (χ4v) is 1.92. The lowest BCUT2D eigenvalue weighted by Crippen LogP contribution is -2.38. The summed E-state index contributed by atoms with van der Waals surface area (Å²) in [7, 11) is -3.26. The molecule has 0 aliphatic rings. The van der Waals surface area contributed by atoms with Crippen molar-refractivity contribution in [3.63, 3.8) is 0 Å². The van der Waals surface area contributed by atoms with Gasteiger partial charge in [-0.25, -0.2) is 13.2 Å². The zero-order chi connectivity index (χ0) is 14.8. The molecule has 0 spiro atoms. The van der Waals surface area contributed by atoms with Crippen LogP contribution in [0.15, 0.2) is 18.2 Å². The molecule has 0 atom stereocenters. The van der Waals surface area contributed by atoms with E-state index >= 15 is 0 Å². The van der Waals surface area contributed by atoms with E-state index in [4.69, 9.17) is 16.7 Å². The second-order valence-electron chi connectivity index (χ2n) is 4.85. The summed E-state index contributed by atoms with van der Waals surface area (Å²) in [6, 6.07) is 4.62. The molecule has 0 fully saturated rings. The van der Waals surface area contributed by atoms with E-state index in [1.54, 1.807) is 26.0 Å². The molecule has 7 heteroatoms. The Morgan fingerprint density at radius 3 is 2.47 bits per heavy atom. The lowest BCUT2D eigenvalue weighted by atomic mass is 10.1. The topological polar surface area (TPSA) is 83.5 Å². The molecule has 0 saturated heterocycles. The largest absolute Gasteiger partial charge is 0.478 e. The third kappa shape index (κ3) is 3.61. The van der Waals surface area contributed by atoms with Gasteiger partial charge in [-0.1, -0.05) is 17.7 Å². The Bertz CT molecular complexity index is 596. The standard InChI is InChI=1S/C12H16ClNO4S/c1-12(2,19(3,17)18)7-14-9-6-4-5-8(13)10(9)11(15)16/h4-6,14H,7H2,1-3H3,(H,15,16). The highest BCUT2D eigenvalue weighted by Gasteiger charge is 2.30. The molecular formula is C12H16ClNO4S. The van der Waals surface area contributed by atoms with Gasteiger partial charge in [0.05, 0.1) is 15.5 Å². The first kappa shape index (κ1) is 15.8. The van der Waals surface area contributed by atoms with E-state index in [2.05, 4.69) is 5.32 Å². The Labute approximate surface area is 117 Å². The van der Waals surface area contributed by atoms with Crippen molar-refractivity contribution in [2.24, 2.45) is 0 Å². The predicted octanol–water partition coefficient (Wildman–Crippen LogP) is 2.27. The minimum Gasteiger partial charge on any atom is -0.478 e. The summed E-state index contributed by atoms with van der Waals surface area (Å²) >= 11 is 5.83. The first-order chi connectivity index (χ1) is 8.56. The molecule has 0 amide bonds. The number of carboxylic acids is 1. The zero-order valence-electron chi connectivity index (χ0n) is 10.9. The minimum atomic E-state index is -3.26. The van der Waals surface area contributed by atoms with Crippen LogP contribution in [0.1, 0.15) is 24.2 Å². The van der Waals surface area contributed by atoms with E-state index in [1.807, 2.05) is 0 Å². The Morgan fingerprint density at radius 1 is 1.42 bits per heavy atom. The van der Waals surface area contributed by atoms with Crippen molar-refractivity contribution in [3.05, 3.63) is 28.8 Å². The first-order valence-electron chi connectivity index (χ1n) is 5.51. The summed E-state index contributed by atoms with van der Waals surface area (Å²) in [5.41, 5.74) is 0.241. The number of anilines is 1. The smallest absolute Gasteiger partial charge is 0.339 e. The molecule has 0 heterocycles.